The number of hydrogen-bond acceptors (Lipinski definition) is 1. The van der Waals surface area contributed by atoms with Gasteiger partial charge in [-0.1, -0.05) is 27.7 Å². The fourth-order valence-electron chi connectivity index (χ4n) is 1.26. The average Bonchev–Trinajstić information content (AvgIpc) is 2.08. The molecule has 1 rings (SSSR count). The zero-order valence-corrected chi connectivity index (χ0v) is 10.5. The summed E-state index contributed by atoms with van der Waals surface area (Å²) in [5.74, 6) is 0. The van der Waals surface area contributed by atoms with Crippen molar-refractivity contribution in [3.63, 3.8) is 0 Å². The molecule has 0 aromatic heterocycles. The number of allylic oxidation sites excluding steroid dienone is 1. The second-order valence-electron chi connectivity index (χ2n) is 4.13. The molecule has 2 heteroatoms. The van der Waals surface area contributed by atoms with Crippen LogP contribution in [0.4, 0.5) is 0 Å². The summed E-state index contributed by atoms with van der Waals surface area (Å²) in [4.78, 5) is 0. The first-order valence-corrected chi connectivity index (χ1v) is 5.93. The predicted molar refractivity (Wildman–Crippen MR) is 62.2 cm³/mol. The highest BCUT2D eigenvalue weighted by Crippen LogP contribution is 2.48. The Morgan fingerprint density at radius 2 is 2.00 bits per heavy atom. The maximum Gasteiger partial charge on any atom is 0.0457 e. The van der Waals surface area contributed by atoms with Gasteiger partial charge in [-0.3, -0.25) is 0 Å². The summed E-state index contributed by atoms with van der Waals surface area (Å²) >= 11 is 4.50. The summed E-state index contributed by atoms with van der Waals surface area (Å²) in [5, 5.41) is 0.802. The monoisotopic (exact) mass is 282 g/mol. The zero-order valence-electron chi connectivity index (χ0n) is 7.57. The van der Waals surface area contributed by atoms with Crippen molar-refractivity contribution >= 4 is 34.4 Å². The van der Waals surface area contributed by atoms with Crippen molar-refractivity contribution in [3.05, 3.63) is 8.48 Å². The Morgan fingerprint density at radius 1 is 1.45 bits per heavy atom. The van der Waals surface area contributed by atoms with Crippen LogP contribution in [0, 0.1) is 5.41 Å². The molecule has 1 unspecified atom stereocenters. The maximum atomic E-state index is 2.48. The highest BCUT2D eigenvalue weighted by atomic mass is 127. The van der Waals surface area contributed by atoms with Gasteiger partial charge in [-0.2, -0.15) is 0 Å². The fourth-order valence-corrected chi connectivity index (χ4v) is 4.72. The molecule has 0 fully saturated rings. The SMILES string of the molecule is CC1CC(C(C)(C)C)=C(I)S1. The molecule has 0 aliphatic carbocycles. The van der Waals surface area contributed by atoms with E-state index in [1.165, 1.54) is 9.33 Å². The van der Waals surface area contributed by atoms with Gasteiger partial charge >= 0.3 is 0 Å². The molecule has 0 aromatic rings. The normalized spacial score (nSPS) is 26.5. The molecular formula is C9H15IS. The van der Waals surface area contributed by atoms with Gasteiger partial charge in [0.25, 0.3) is 0 Å². The molecule has 1 aliphatic rings. The highest BCUT2D eigenvalue weighted by molar-refractivity contribution is 14.1. The first kappa shape index (κ1) is 9.90. The third-order valence-corrected chi connectivity index (χ3v) is 4.38. The topological polar surface area (TPSA) is 0 Å². The Hall–Kier alpha value is 0.820. The third kappa shape index (κ3) is 2.38. The second-order valence-corrected chi connectivity index (χ2v) is 7.39. The average molecular weight is 282 g/mol. The number of halogens is 1. The Balaban J connectivity index is 2.80. The molecule has 0 bridgehead atoms. The molecule has 0 aromatic carbocycles. The molecular weight excluding hydrogens is 267 g/mol. The number of thioether (sulfide) groups is 1. The summed E-state index contributed by atoms with van der Waals surface area (Å²) in [7, 11) is 0. The van der Waals surface area contributed by atoms with Gasteiger partial charge in [-0.05, 0) is 40.0 Å². The quantitative estimate of drug-likeness (QED) is 0.600. The summed E-state index contributed by atoms with van der Waals surface area (Å²) in [6.45, 7) is 9.22. The van der Waals surface area contributed by atoms with Gasteiger partial charge in [0, 0.05) is 8.16 Å². The van der Waals surface area contributed by atoms with Gasteiger partial charge in [-0.15, -0.1) is 11.8 Å². The van der Waals surface area contributed by atoms with E-state index < -0.39 is 0 Å². The largest absolute Gasteiger partial charge is 0.116 e. The van der Waals surface area contributed by atoms with Crippen LogP contribution in [0.2, 0.25) is 0 Å². The van der Waals surface area contributed by atoms with E-state index in [4.69, 9.17) is 0 Å². The first-order valence-electron chi connectivity index (χ1n) is 3.97. The van der Waals surface area contributed by atoms with Crippen LogP contribution in [-0.2, 0) is 0 Å². The molecule has 0 saturated heterocycles. The van der Waals surface area contributed by atoms with Crippen LogP contribution in [-0.4, -0.2) is 5.25 Å². The van der Waals surface area contributed by atoms with E-state index in [0.29, 0.717) is 5.41 Å². The predicted octanol–water partition coefficient (Wildman–Crippen LogP) is 4.20. The van der Waals surface area contributed by atoms with Crippen molar-refractivity contribution in [2.24, 2.45) is 5.41 Å². The van der Waals surface area contributed by atoms with Gasteiger partial charge in [0.15, 0.2) is 0 Å². The molecule has 0 N–H and O–H groups in total. The lowest BCUT2D eigenvalue weighted by Crippen LogP contribution is -2.09. The molecule has 64 valence electrons. The van der Waals surface area contributed by atoms with Crippen LogP contribution < -0.4 is 0 Å². The van der Waals surface area contributed by atoms with Crippen molar-refractivity contribution in [1.29, 1.82) is 0 Å². The lowest BCUT2D eigenvalue weighted by atomic mass is 9.85. The minimum Gasteiger partial charge on any atom is -0.116 e. The van der Waals surface area contributed by atoms with E-state index in [0.717, 1.165) is 5.25 Å². The minimum atomic E-state index is 0.383. The van der Waals surface area contributed by atoms with Crippen LogP contribution >= 0.6 is 34.4 Å². The van der Waals surface area contributed by atoms with E-state index in [2.05, 4.69) is 50.3 Å². The van der Waals surface area contributed by atoms with Crippen LogP contribution in [0.5, 0.6) is 0 Å². The lowest BCUT2D eigenvalue weighted by Gasteiger charge is -2.20. The molecule has 0 nitrogen and oxygen atoms in total. The highest BCUT2D eigenvalue weighted by Gasteiger charge is 2.28. The first-order chi connectivity index (χ1) is 4.91. The fraction of sp³-hybridized carbons (Fsp3) is 0.778. The van der Waals surface area contributed by atoms with Crippen LogP contribution in [0.15, 0.2) is 8.48 Å². The van der Waals surface area contributed by atoms with Crippen molar-refractivity contribution in [3.8, 4) is 0 Å². The van der Waals surface area contributed by atoms with E-state index in [-0.39, 0.29) is 0 Å². The lowest BCUT2D eigenvalue weighted by molar-refractivity contribution is 0.486. The summed E-state index contributed by atoms with van der Waals surface area (Å²) in [6, 6.07) is 0. The van der Waals surface area contributed by atoms with Crippen molar-refractivity contribution in [2.45, 2.75) is 39.4 Å². The number of hydrogen-bond donors (Lipinski definition) is 0. The molecule has 1 aliphatic heterocycles. The van der Waals surface area contributed by atoms with Gasteiger partial charge in [-0.25, -0.2) is 0 Å². The zero-order chi connectivity index (χ0) is 8.65. The Bertz CT molecular complexity index is 188. The van der Waals surface area contributed by atoms with Gasteiger partial charge in [0.1, 0.15) is 0 Å². The van der Waals surface area contributed by atoms with Crippen LogP contribution in [0.25, 0.3) is 0 Å². The Labute approximate surface area is 87.3 Å². The molecule has 1 heterocycles. The minimum absolute atomic E-state index is 0.383. The molecule has 11 heavy (non-hydrogen) atoms. The van der Waals surface area contributed by atoms with E-state index in [1.807, 2.05) is 11.8 Å². The smallest absolute Gasteiger partial charge is 0.0457 e. The third-order valence-electron chi connectivity index (χ3n) is 1.94. The second kappa shape index (κ2) is 3.29. The maximum absolute atomic E-state index is 2.48. The van der Waals surface area contributed by atoms with E-state index in [9.17, 15) is 0 Å². The van der Waals surface area contributed by atoms with Crippen molar-refractivity contribution in [2.75, 3.05) is 0 Å². The van der Waals surface area contributed by atoms with E-state index >= 15 is 0 Å². The molecule has 0 spiro atoms. The van der Waals surface area contributed by atoms with Gasteiger partial charge < -0.3 is 0 Å². The van der Waals surface area contributed by atoms with Crippen molar-refractivity contribution in [1.82, 2.24) is 0 Å². The standard InChI is InChI=1S/C9H15IS/c1-6-5-7(8(10)11-6)9(2,3)4/h6H,5H2,1-4H3. The van der Waals surface area contributed by atoms with Crippen LogP contribution in [0.1, 0.15) is 34.1 Å². The van der Waals surface area contributed by atoms with Crippen LogP contribution in [0.3, 0.4) is 0 Å². The van der Waals surface area contributed by atoms with Gasteiger partial charge in [0.2, 0.25) is 0 Å². The van der Waals surface area contributed by atoms with Crippen molar-refractivity contribution < 1.29 is 0 Å². The van der Waals surface area contributed by atoms with Gasteiger partial charge in [0.05, 0.1) is 0 Å². The molecule has 1 atom stereocenters. The summed E-state index contributed by atoms with van der Waals surface area (Å²) in [6.07, 6.45) is 1.28. The summed E-state index contributed by atoms with van der Waals surface area (Å²) < 4.78 is 1.53. The molecule has 0 amide bonds. The Kier molecular flexibility index (Phi) is 2.96. The molecule has 0 saturated carbocycles. The van der Waals surface area contributed by atoms with E-state index in [1.54, 1.807) is 5.57 Å². The number of rotatable bonds is 0. The Morgan fingerprint density at radius 3 is 2.18 bits per heavy atom. The molecule has 0 radical (unpaired) electrons. The summed E-state index contributed by atoms with van der Waals surface area (Å²) in [5.41, 5.74) is 2.03.